The first kappa shape index (κ1) is 13.4. The van der Waals surface area contributed by atoms with Crippen molar-refractivity contribution in [3.05, 3.63) is 47.1 Å². The number of carbonyl (C=O) groups is 1. The van der Waals surface area contributed by atoms with Gasteiger partial charge in [-0.3, -0.25) is 0 Å². The monoisotopic (exact) mass is 277 g/mol. The van der Waals surface area contributed by atoms with Crippen LogP contribution in [0.2, 0.25) is 5.02 Å². The Hall–Kier alpha value is -2.07. The van der Waals surface area contributed by atoms with Crippen molar-refractivity contribution >= 4 is 17.6 Å². The maximum absolute atomic E-state index is 11.5. The average Bonchev–Trinajstić information content (AvgIpc) is 2.45. The zero-order valence-electron chi connectivity index (χ0n) is 10.5. The Labute approximate surface area is 115 Å². The van der Waals surface area contributed by atoms with Gasteiger partial charge in [0.05, 0.1) is 19.9 Å². The molecule has 1 aromatic carbocycles. The van der Waals surface area contributed by atoms with Gasteiger partial charge in [-0.15, -0.1) is 0 Å². The normalized spacial score (nSPS) is 10.1. The van der Waals surface area contributed by atoms with Crippen molar-refractivity contribution in [2.45, 2.75) is 0 Å². The van der Waals surface area contributed by atoms with Crippen LogP contribution in [-0.2, 0) is 4.74 Å². The van der Waals surface area contributed by atoms with Crippen molar-refractivity contribution in [1.82, 2.24) is 4.98 Å². The van der Waals surface area contributed by atoms with Crippen LogP contribution >= 0.6 is 11.6 Å². The number of hydrogen-bond donors (Lipinski definition) is 0. The van der Waals surface area contributed by atoms with Crippen molar-refractivity contribution in [3.8, 4) is 17.0 Å². The molecule has 2 aromatic rings. The van der Waals surface area contributed by atoms with Crippen LogP contribution in [0.3, 0.4) is 0 Å². The van der Waals surface area contributed by atoms with Gasteiger partial charge < -0.3 is 9.47 Å². The number of carbonyl (C=O) groups excluding carboxylic acids is 1. The smallest absolute Gasteiger partial charge is 0.356 e. The first-order valence-electron chi connectivity index (χ1n) is 5.54. The molecule has 0 amide bonds. The van der Waals surface area contributed by atoms with E-state index in [2.05, 4.69) is 9.72 Å². The van der Waals surface area contributed by atoms with Gasteiger partial charge in [0.1, 0.15) is 5.75 Å². The van der Waals surface area contributed by atoms with Crippen LogP contribution in [0.5, 0.6) is 5.75 Å². The molecular formula is C14H12ClNO3. The van der Waals surface area contributed by atoms with Gasteiger partial charge in [0.2, 0.25) is 0 Å². The van der Waals surface area contributed by atoms with E-state index in [1.165, 1.54) is 13.2 Å². The fourth-order valence-corrected chi connectivity index (χ4v) is 1.82. The fraction of sp³-hybridized carbons (Fsp3) is 0.143. The summed E-state index contributed by atoms with van der Waals surface area (Å²) in [5.74, 6) is 0.233. The number of rotatable bonds is 3. The molecule has 0 bridgehead atoms. The summed E-state index contributed by atoms with van der Waals surface area (Å²) in [5.41, 5.74) is 1.63. The molecule has 0 aliphatic heterocycles. The molecule has 0 aliphatic carbocycles. The topological polar surface area (TPSA) is 48.4 Å². The van der Waals surface area contributed by atoms with E-state index < -0.39 is 5.97 Å². The number of esters is 1. The molecule has 1 heterocycles. The summed E-state index contributed by atoms with van der Waals surface area (Å²) in [4.78, 5) is 15.7. The number of aromatic nitrogens is 1. The summed E-state index contributed by atoms with van der Waals surface area (Å²) in [6.45, 7) is 0. The Morgan fingerprint density at radius 3 is 2.42 bits per heavy atom. The molecule has 0 unspecified atom stereocenters. The maximum Gasteiger partial charge on any atom is 0.356 e. The molecular weight excluding hydrogens is 266 g/mol. The standard InChI is InChI=1S/C14H12ClNO3/c1-18-11-5-3-9(4-6-11)12-7-10(15)8-13(16-12)14(17)19-2/h3-8H,1-2H3. The zero-order chi connectivity index (χ0) is 13.8. The quantitative estimate of drug-likeness (QED) is 0.809. The maximum atomic E-state index is 11.5. The van der Waals surface area contributed by atoms with Crippen LogP contribution in [0.1, 0.15) is 10.5 Å². The van der Waals surface area contributed by atoms with E-state index in [9.17, 15) is 4.79 Å². The highest BCUT2D eigenvalue weighted by Gasteiger charge is 2.11. The van der Waals surface area contributed by atoms with Crippen molar-refractivity contribution in [1.29, 1.82) is 0 Å². The van der Waals surface area contributed by atoms with Gasteiger partial charge in [0, 0.05) is 10.6 Å². The molecule has 1 aromatic heterocycles. The zero-order valence-corrected chi connectivity index (χ0v) is 11.3. The van der Waals surface area contributed by atoms with Crippen LogP contribution in [0.4, 0.5) is 0 Å². The first-order valence-corrected chi connectivity index (χ1v) is 5.92. The summed E-state index contributed by atoms with van der Waals surface area (Å²) in [5, 5.41) is 0.432. The lowest BCUT2D eigenvalue weighted by Crippen LogP contribution is -2.04. The molecule has 2 rings (SSSR count). The molecule has 0 aliphatic rings. The Morgan fingerprint density at radius 2 is 1.84 bits per heavy atom. The molecule has 0 saturated heterocycles. The highest BCUT2D eigenvalue weighted by atomic mass is 35.5. The summed E-state index contributed by atoms with van der Waals surface area (Å²) in [6, 6.07) is 10.5. The van der Waals surface area contributed by atoms with Crippen LogP contribution in [0, 0.1) is 0 Å². The number of halogens is 1. The first-order chi connectivity index (χ1) is 9.13. The molecule has 0 atom stereocenters. The second kappa shape index (κ2) is 5.71. The number of methoxy groups -OCH3 is 2. The predicted octanol–water partition coefficient (Wildman–Crippen LogP) is 3.20. The van der Waals surface area contributed by atoms with Crippen LogP contribution in [0.15, 0.2) is 36.4 Å². The van der Waals surface area contributed by atoms with E-state index in [0.717, 1.165) is 11.3 Å². The molecule has 19 heavy (non-hydrogen) atoms. The van der Waals surface area contributed by atoms with Gasteiger partial charge in [0.15, 0.2) is 5.69 Å². The third-order valence-electron chi connectivity index (χ3n) is 2.57. The lowest BCUT2D eigenvalue weighted by molar-refractivity contribution is 0.0594. The SMILES string of the molecule is COC(=O)c1cc(Cl)cc(-c2ccc(OC)cc2)n1. The van der Waals surface area contributed by atoms with Crippen molar-refractivity contribution in [2.24, 2.45) is 0 Å². The van der Waals surface area contributed by atoms with E-state index in [4.69, 9.17) is 16.3 Å². The summed E-state index contributed by atoms with van der Waals surface area (Å²) in [7, 11) is 2.90. The third kappa shape index (κ3) is 3.03. The van der Waals surface area contributed by atoms with Crippen LogP contribution in [-0.4, -0.2) is 25.2 Å². The van der Waals surface area contributed by atoms with E-state index in [0.29, 0.717) is 10.7 Å². The van der Waals surface area contributed by atoms with E-state index in [1.807, 2.05) is 24.3 Å². The fourth-order valence-electron chi connectivity index (χ4n) is 1.62. The second-order valence-electron chi connectivity index (χ2n) is 3.78. The summed E-state index contributed by atoms with van der Waals surface area (Å²) < 4.78 is 9.73. The van der Waals surface area contributed by atoms with Crippen molar-refractivity contribution < 1.29 is 14.3 Å². The Balaban J connectivity index is 2.43. The predicted molar refractivity (Wildman–Crippen MR) is 72.6 cm³/mol. The highest BCUT2D eigenvalue weighted by molar-refractivity contribution is 6.31. The highest BCUT2D eigenvalue weighted by Crippen LogP contribution is 2.24. The molecule has 4 nitrogen and oxygen atoms in total. The average molecular weight is 278 g/mol. The van der Waals surface area contributed by atoms with Gasteiger partial charge >= 0.3 is 5.97 Å². The largest absolute Gasteiger partial charge is 0.497 e. The van der Waals surface area contributed by atoms with Gasteiger partial charge in [0.25, 0.3) is 0 Å². The molecule has 0 N–H and O–H groups in total. The second-order valence-corrected chi connectivity index (χ2v) is 4.21. The van der Waals surface area contributed by atoms with Gasteiger partial charge in [-0.05, 0) is 36.4 Å². The Kier molecular flexibility index (Phi) is 4.02. The number of hydrogen-bond acceptors (Lipinski definition) is 4. The molecule has 98 valence electrons. The number of benzene rings is 1. The minimum Gasteiger partial charge on any atom is -0.497 e. The Bertz CT molecular complexity index is 596. The van der Waals surface area contributed by atoms with E-state index in [-0.39, 0.29) is 5.69 Å². The summed E-state index contributed by atoms with van der Waals surface area (Å²) >= 11 is 5.99. The Morgan fingerprint density at radius 1 is 1.16 bits per heavy atom. The van der Waals surface area contributed by atoms with Gasteiger partial charge in [-0.25, -0.2) is 9.78 Å². The van der Waals surface area contributed by atoms with Crippen LogP contribution in [0.25, 0.3) is 11.3 Å². The molecule has 0 saturated carbocycles. The molecule has 0 fully saturated rings. The lowest BCUT2D eigenvalue weighted by Gasteiger charge is -2.06. The number of ether oxygens (including phenoxy) is 2. The van der Waals surface area contributed by atoms with Gasteiger partial charge in [-0.2, -0.15) is 0 Å². The number of pyridine rings is 1. The van der Waals surface area contributed by atoms with Crippen molar-refractivity contribution in [2.75, 3.05) is 14.2 Å². The molecule has 0 spiro atoms. The third-order valence-corrected chi connectivity index (χ3v) is 2.79. The minimum absolute atomic E-state index is 0.181. The lowest BCUT2D eigenvalue weighted by atomic mass is 10.1. The van der Waals surface area contributed by atoms with E-state index in [1.54, 1.807) is 13.2 Å². The number of nitrogens with zero attached hydrogens (tertiary/aromatic N) is 1. The van der Waals surface area contributed by atoms with Gasteiger partial charge in [-0.1, -0.05) is 11.6 Å². The minimum atomic E-state index is -0.516. The van der Waals surface area contributed by atoms with Crippen LogP contribution < -0.4 is 4.74 Å². The molecule has 5 heteroatoms. The van der Waals surface area contributed by atoms with E-state index >= 15 is 0 Å². The molecule has 0 radical (unpaired) electrons. The van der Waals surface area contributed by atoms with Crippen molar-refractivity contribution in [3.63, 3.8) is 0 Å². The summed E-state index contributed by atoms with van der Waals surface area (Å²) in [6.07, 6.45) is 0.